The van der Waals surface area contributed by atoms with E-state index in [0.29, 0.717) is 25.3 Å². The predicted molar refractivity (Wildman–Crippen MR) is 94.9 cm³/mol. The molecule has 0 saturated carbocycles. The number of fused-ring (bicyclic) bond motifs is 1. The number of amides is 1. The molecule has 130 valence electrons. The predicted octanol–water partition coefficient (Wildman–Crippen LogP) is 2.41. The molecule has 1 N–H and O–H groups in total. The molecule has 2 rings (SSSR count). The van der Waals surface area contributed by atoms with E-state index in [9.17, 15) is 9.59 Å². The highest BCUT2D eigenvalue weighted by molar-refractivity contribution is 5.96. The highest BCUT2D eigenvalue weighted by Gasteiger charge is 2.14. The molecule has 0 atom stereocenters. The molecule has 2 aromatic rings. The van der Waals surface area contributed by atoms with Gasteiger partial charge in [0.15, 0.2) is 0 Å². The number of nitrogens with zero attached hydrogens (tertiary/aromatic N) is 1. The van der Waals surface area contributed by atoms with E-state index in [4.69, 9.17) is 9.15 Å². The highest BCUT2D eigenvalue weighted by Crippen LogP contribution is 2.21. The van der Waals surface area contributed by atoms with Crippen LogP contribution < -0.4 is 15.8 Å². The Morgan fingerprint density at radius 1 is 1.21 bits per heavy atom. The molecular weight excluding hydrogens is 308 g/mol. The summed E-state index contributed by atoms with van der Waals surface area (Å²) in [4.78, 5) is 26.4. The summed E-state index contributed by atoms with van der Waals surface area (Å²) in [5.41, 5.74) is 0.850. The lowest BCUT2D eigenvalue weighted by Crippen LogP contribution is -2.31. The van der Waals surface area contributed by atoms with Gasteiger partial charge in [-0.25, -0.2) is 4.79 Å². The first-order chi connectivity index (χ1) is 11.6. The van der Waals surface area contributed by atoms with Gasteiger partial charge in [0, 0.05) is 43.4 Å². The summed E-state index contributed by atoms with van der Waals surface area (Å²) in [6.45, 7) is 9.10. The highest BCUT2D eigenvalue weighted by atomic mass is 16.5. The third kappa shape index (κ3) is 4.14. The first kappa shape index (κ1) is 18.0. The second-order valence-corrected chi connectivity index (χ2v) is 5.29. The molecule has 0 aliphatic carbocycles. The fourth-order valence-corrected chi connectivity index (χ4v) is 2.52. The van der Waals surface area contributed by atoms with Gasteiger partial charge in [-0.2, -0.15) is 0 Å². The van der Waals surface area contributed by atoms with Crippen molar-refractivity contribution in [1.29, 1.82) is 0 Å². The molecule has 6 heteroatoms. The Labute approximate surface area is 141 Å². The Morgan fingerprint density at radius 2 is 1.96 bits per heavy atom. The van der Waals surface area contributed by atoms with Crippen LogP contribution in [-0.2, 0) is 4.74 Å². The summed E-state index contributed by atoms with van der Waals surface area (Å²) in [7, 11) is 0. The maximum absolute atomic E-state index is 12.1. The molecule has 0 aliphatic rings. The number of carbonyl (C=O) groups is 1. The normalized spacial score (nSPS) is 10.8. The molecule has 0 bridgehead atoms. The van der Waals surface area contributed by atoms with Crippen molar-refractivity contribution in [2.24, 2.45) is 0 Å². The molecule has 24 heavy (non-hydrogen) atoms. The van der Waals surface area contributed by atoms with Gasteiger partial charge in [-0.05, 0) is 39.0 Å². The first-order valence-corrected chi connectivity index (χ1v) is 8.29. The van der Waals surface area contributed by atoms with Gasteiger partial charge in [0.05, 0.1) is 6.61 Å². The summed E-state index contributed by atoms with van der Waals surface area (Å²) in [5.74, 6) is -0.446. The van der Waals surface area contributed by atoms with Crippen molar-refractivity contribution in [2.45, 2.75) is 20.8 Å². The van der Waals surface area contributed by atoms with Gasteiger partial charge in [0.2, 0.25) is 0 Å². The van der Waals surface area contributed by atoms with Crippen molar-refractivity contribution < 1.29 is 13.9 Å². The Kier molecular flexibility index (Phi) is 6.37. The number of carbonyl (C=O) groups excluding carboxylic acids is 1. The molecule has 1 aromatic carbocycles. The van der Waals surface area contributed by atoms with Crippen LogP contribution in [0.5, 0.6) is 0 Å². The van der Waals surface area contributed by atoms with Crippen LogP contribution >= 0.6 is 0 Å². The average molecular weight is 332 g/mol. The summed E-state index contributed by atoms with van der Waals surface area (Å²) in [6, 6.07) is 7.23. The molecular formula is C18H24N2O4. The van der Waals surface area contributed by atoms with E-state index < -0.39 is 11.5 Å². The van der Waals surface area contributed by atoms with E-state index in [1.165, 1.54) is 0 Å². The maximum Gasteiger partial charge on any atom is 0.349 e. The monoisotopic (exact) mass is 332 g/mol. The van der Waals surface area contributed by atoms with Crippen LogP contribution in [0.2, 0.25) is 0 Å². The molecule has 0 spiro atoms. The van der Waals surface area contributed by atoms with E-state index in [0.717, 1.165) is 24.2 Å². The summed E-state index contributed by atoms with van der Waals surface area (Å²) < 4.78 is 10.5. The van der Waals surface area contributed by atoms with Gasteiger partial charge < -0.3 is 19.4 Å². The van der Waals surface area contributed by atoms with E-state index in [2.05, 4.69) is 24.1 Å². The first-order valence-electron chi connectivity index (χ1n) is 8.29. The molecule has 0 fully saturated rings. The van der Waals surface area contributed by atoms with E-state index in [-0.39, 0.29) is 5.56 Å². The van der Waals surface area contributed by atoms with Crippen LogP contribution in [0.15, 0.2) is 33.5 Å². The summed E-state index contributed by atoms with van der Waals surface area (Å²) >= 11 is 0. The third-order valence-electron chi connectivity index (χ3n) is 3.83. The van der Waals surface area contributed by atoms with Crippen LogP contribution in [0.1, 0.15) is 31.1 Å². The van der Waals surface area contributed by atoms with Crippen LogP contribution in [0, 0.1) is 0 Å². The smallest absolute Gasteiger partial charge is 0.349 e. The number of hydrogen-bond donors (Lipinski definition) is 1. The van der Waals surface area contributed by atoms with Gasteiger partial charge in [-0.3, -0.25) is 4.79 Å². The standard InChI is InChI=1S/C18H24N2O4/c1-4-20(5-2)14-8-7-13-11-15(18(22)24-16(13)12-14)17(21)19-9-10-23-6-3/h7-8,11-12H,4-6,9-10H2,1-3H3,(H,19,21). The van der Waals surface area contributed by atoms with Gasteiger partial charge in [-0.15, -0.1) is 0 Å². The summed E-state index contributed by atoms with van der Waals surface area (Å²) in [6.07, 6.45) is 0. The molecule has 6 nitrogen and oxygen atoms in total. The molecule has 0 radical (unpaired) electrons. The third-order valence-corrected chi connectivity index (χ3v) is 3.83. The molecule has 0 saturated heterocycles. The maximum atomic E-state index is 12.1. The lowest BCUT2D eigenvalue weighted by Gasteiger charge is -2.21. The molecule has 1 aromatic heterocycles. The van der Waals surface area contributed by atoms with Gasteiger partial charge in [0.1, 0.15) is 11.1 Å². The van der Waals surface area contributed by atoms with Crippen LogP contribution in [0.4, 0.5) is 5.69 Å². The molecule has 0 unspecified atom stereocenters. The second kappa shape index (κ2) is 8.49. The molecule has 0 aliphatic heterocycles. The largest absolute Gasteiger partial charge is 0.422 e. The number of rotatable bonds is 8. The van der Waals surface area contributed by atoms with Crippen molar-refractivity contribution in [2.75, 3.05) is 37.7 Å². The van der Waals surface area contributed by atoms with Crippen LogP contribution in [0.3, 0.4) is 0 Å². The number of anilines is 1. The van der Waals surface area contributed by atoms with Crippen molar-refractivity contribution in [3.8, 4) is 0 Å². The lowest BCUT2D eigenvalue weighted by atomic mass is 10.1. The Morgan fingerprint density at radius 3 is 2.62 bits per heavy atom. The minimum absolute atomic E-state index is 0.00888. The van der Waals surface area contributed by atoms with Gasteiger partial charge in [-0.1, -0.05) is 0 Å². The van der Waals surface area contributed by atoms with E-state index >= 15 is 0 Å². The zero-order valence-corrected chi connectivity index (χ0v) is 14.4. The minimum Gasteiger partial charge on any atom is -0.422 e. The molecule has 1 heterocycles. The summed E-state index contributed by atoms with van der Waals surface area (Å²) in [5, 5.41) is 3.38. The fraction of sp³-hybridized carbons (Fsp3) is 0.444. The van der Waals surface area contributed by atoms with E-state index in [1.54, 1.807) is 6.07 Å². The van der Waals surface area contributed by atoms with Crippen LogP contribution in [-0.4, -0.2) is 38.8 Å². The van der Waals surface area contributed by atoms with E-state index in [1.807, 2.05) is 25.1 Å². The van der Waals surface area contributed by atoms with Gasteiger partial charge >= 0.3 is 5.63 Å². The van der Waals surface area contributed by atoms with Crippen molar-refractivity contribution >= 4 is 22.6 Å². The minimum atomic E-state index is -0.631. The lowest BCUT2D eigenvalue weighted by molar-refractivity contribution is 0.0919. The second-order valence-electron chi connectivity index (χ2n) is 5.29. The van der Waals surface area contributed by atoms with Crippen molar-refractivity contribution in [3.63, 3.8) is 0 Å². The van der Waals surface area contributed by atoms with Crippen LogP contribution in [0.25, 0.3) is 11.0 Å². The van der Waals surface area contributed by atoms with Crippen molar-refractivity contribution in [1.82, 2.24) is 5.32 Å². The number of nitrogens with one attached hydrogen (secondary N) is 1. The molecule has 1 amide bonds. The number of benzene rings is 1. The number of ether oxygens (including phenoxy) is 1. The zero-order chi connectivity index (χ0) is 17.5. The fourth-order valence-electron chi connectivity index (χ4n) is 2.52. The SMILES string of the molecule is CCOCCNC(=O)c1cc2ccc(N(CC)CC)cc2oc1=O. The zero-order valence-electron chi connectivity index (χ0n) is 14.4. The Bertz CT molecular complexity index is 750. The quantitative estimate of drug-likeness (QED) is 0.594. The number of hydrogen-bond acceptors (Lipinski definition) is 5. The van der Waals surface area contributed by atoms with Crippen molar-refractivity contribution in [3.05, 3.63) is 40.2 Å². The topological polar surface area (TPSA) is 71.8 Å². The Balaban J connectivity index is 2.25. The van der Waals surface area contributed by atoms with Gasteiger partial charge in [0.25, 0.3) is 5.91 Å². The average Bonchev–Trinajstić information content (AvgIpc) is 2.59. The Hall–Kier alpha value is -2.34.